The number of aryl methyl sites for hydroxylation is 1. The molecule has 0 aliphatic carbocycles. The number of aromatic nitrogens is 1. The Morgan fingerprint density at radius 1 is 1.44 bits per heavy atom. The molecule has 1 unspecified atom stereocenters. The van der Waals surface area contributed by atoms with E-state index in [0.29, 0.717) is 6.61 Å². The Bertz CT molecular complexity index is 534. The number of hydrogen-bond acceptors (Lipinski definition) is 4. The van der Waals surface area contributed by atoms with Gasteiger partial charge in [0.1, 0.15) is 10.8 Å². The average molecular weight is 262 g/mol. The van der Waals surface area contributed by atoms with E-state index in [9.17, 15) is 0 Å². The molecule has 0 amide bonds. The van der Waals surface area contributed by atoms with Gasteiger partial charge in [-0.25, -0.2) is 4.98 Å². The highest BCUT2D eigenvalue weighted by atomic mass is 32.1. The summed E-state index contributed by atoms with van der Waals surface area (Å²) < 4.78 is 5.53. The van der Waals surface area contributed by atoms with Crippen LogP contribution in [0.5, 0.6) is 5.75 Å². The smallest absolute Gasteiger partial charge is 0.123 e. The van der Waals surface area contributed by atoms with Crippen molar-refractivity contribution in [1.29, 1.82) is 0 Å². The van der Waals surface area contributed by atoms with Gasteiger partial charge in [0, 0.05) is 17.0 Å². The third kappa shape index (κ3) is 2.71. The molecule has 0 radical (unpaired) electrons. The maximum Gasteiger partial charge on any atom is 0.123 e. The fourth-order valence-corrected chi connectivity index (χ4v) is 2.65. The zero-order valence-electron chi connectivity index (χ0n) is 10.9. The van der Waals surface area contributed by atoms with Gasteiger partial charge < -0.3 is 10.5 Å². The molecule has 1 heterocycles. The molecule has 0 aliphatic rings. The molecule has 0 fully saturated rings. The third-order valence-electron chi connectivity index (χ3n) is 2.71. The number of thiazole rings is 1. The molecule has 2 N–H and O–H groups in total. The summed E-state index contributed by atoms with van der Waals surface area (Å²) in [4.78, 5) is 4.55. The molecule has 0 saturated carbocycles. The molecule has 1 aromatic carbocycles. The normalized spacial score (nSPS) is 12.4. The van der Waals surface area contributed by atoms with Crippen molar-refractivity contribution >= 4 is 11.3 Å². The fraction of sp³-hybridized carbons (Fsp3) is 0.357. The molecule has 2 aromatic rings. The first-order chi connectivity index (χ1) is 8.61. The molecule has 96 valence electrons. The Labute approximate surface area is 112 Å². The molecule has 0 aliphatic heterocycles. The van der Waals surface area contributed by atoms with Crippen molar-refractivity contribution in [2.24, 2.45) is 5.73 Å². The first kappa shape index (κ1) is 13.1. The maximum atomic E-state index is 5.82. The minimum Gasteiger partial charge on any atom is -0.494 e. The molecule has 4 heteroatoms. The summed E-state index contributed by atoms with van der Waals surface area (Å²) >= 11 is 1.63. The monoisotopic (exact) mass is 262 g/mol. The number of rotatable bonds is 4. The predicted octanol–water partition coefficient (Wildman–Crippen LogP) is 3.54. The van der Waals surface area contributed by atoms with Gasteiger partial charge in [0.05, 0.1) is 12.3 Å². The Kier molecular flexibility index (Phi) is 3.99. The largest absolute Gasteiger partial charge is 0.494 e. The molecule has 0 bridgehead atoms. The van der Waals surface area contributed by atoms with Crippen molar-refractivity contribution < 1.29 is 4.74 Å². The first-order valence-corrected chi connectivity index (χ1v) is 6.94. The second-order valence-electron chi connectivity index (χ2n) is 4.28. The van der Waals surface area contributed by atoms with Gasteiger partial charge in [-0.3, -0.25) is 0 Å². The molecular weight excluding hydrogens is 244 g/mol. The van der Waals surface area contributed by atoms with Gasteiger partial charge >= 0.3 is 0 Å². The second-order valence-corrected chi connectivity index (χ2v) is 5.14. The van der Waals surface area contributed by atoms with Gasteiger partial charge in [0.15, 0.2) is 0 Å². The van der Waals surface area contributed by atoms with E-state index in [0.717, 1.165) is 27.6 Å². The van der Waals surface area contributed by atoms with Gasteiger partial charge in [0.25, 0.3) is 0 Å². The lowest BCUT2D eigenvalue weighted by molar-refractivity contribution is 0.338. The summed E-state index contributed by atoms with van der Waals surface area (Å²) in [5.41, 5.74) is 9.02. The Hall–Kier alpha value is -1.39. The van der Waals surface area contributed by atoms with E-state index in [1.165, 1.54) is 0 Å². The highest BCUT2D eigenvalue weighted by Crippen LogP contribution is 2.29. The van der Waals surface area contributed by atoms with Crippen LogP contribution in [0.25, 0.3) is 10.6 Å². The summed E-state index contributed by atoms with van der Waals surface area (Å²) in [6, 6.07) is 6.14. The van der Waals surface area contributed by atoms with Crippen molar-refractivity contribution in [2.75, 3.05) is 6.61 Å². The second kappa shape index (κ2) is 5.50. The molecule has 1 atom stereocenters. The molecular formula is C14H18N2OS. The van der Waals surface area contributed by atoms with Crippen LogP contribution in [0, 0.1) is 6.92 Å². The Morgan fingerprint density at radius 2 is 2.22 bits per heavy atom. The SMILES string of the molecule is CCOc1ccc(-c2nc(C(C)N)cs2)cc1C. The van der Waals surface area contributed by atoms with E-state index < -0.39 is 0 Å². The summed E-state index contributed by atoms with van der Waals surface area (Å²) in [5.74, 6) is 0.935. The molecule has 2 rings (SSSR count). The Morgan fingerprint density at radius 3 is 2.78 bits per heavy atom. The lowest BCUT2D eigenvalue weighted by Crippen LogP contribution is -2.04. The van der Waals surface area contributed by atoms with Gasteiger partial charge in [-0.2, -0.15) is 0 Å². The third-order valence-corrected chi connectivity index (χ3v) is 3.62. The highest BCUT2D eigenvalue weighted by Gasteiger charge is 2.09. The van der Waals surface area contributed by atoms with E-state index in [1.54, 1.807) is 11.3 Å². The summed E-state index contributed by atoms with van der Waals surface area (Å²) in [6.45, 7) is 6.67. The van der Waals surface area contributed by atoms with E-state index in [4.69, 9.17) is 10.5 Å². The number of benzene rings is 1. The van der Waals surface area contributed by atoms with E-state index >= 15 is 0 Å². The Balaban J connectivity index is 2.30. The predicted molar refractivity (Wildman–Crippen MR) is 76.1 cm³/mol. The lowest BCUT2D eigenvalue weighted by Gasteiger charge is -2.07. The average Bonchev–Trinajstić information content (AvgIpc) is 2.81. The van der Waals surface area contributed by atoms with Gasteiger partial charge in [0.2, 0.25) is 0 Å². The fourth-order valence-electron chi connectivity index (χ4n) is 1.73. The number of hydrogen-bond donors (Lipinski definition) is 1. The van der Waals surface area contributed by atoms with Crippen LogP contribution < -0.4 is 10.5 Å². The van der Waals surface area contributed by atoms with Gasteiger partial charge in [-0.05, 0) is 44.5 Å². The summed E-state index contributed by atoms with van der Waals surface area (Å²) in [6.07, 6.45) is 0. The topological polar surface area (TPSA) is 48.1 Å². The minimum absolute atomic E-state index is 0.0150. The van der Waals surface area contributed by atoms with Crippen LogP contribution >= 0.6 is 11.3 Å². The number of nitrogens with zero attached hydrogens (tertiary/aromatic N) is 1. The number of ether oxygens (including phenoxy) is 1. The zero-order valence-corrected chi connectivity index (χ0v) is 11.8. The first-order valence-electron chi connectivity index (χ1n) is 6.06. The standard InChI is InChI=1S/C14H18N2OS/c1-4-17-13-6-5-11(7-9(13)2)14-16-12(8-18-14)10(3)15/h5-8,10H,4,15H2,1-3H3. The van der Waals surface area contributed by atoms with Crippen LogP contribution in [-0.2, 0) is 0 Å². The van der Waals surface area contributed by atoms with Crippen LogP contribution in [0.2, 0.25) is 0 Å². The number of nitrogens with two attached hydrogens (primary N) is 1. The van der Waals surface area contributed by atoms with Crippen LogP contribution in [0.4, 0.5) is 0 Å². The van der Waals surface area contributed by atoms with E-state index in [2.05, 4.69) is 18.0 Å². The lowest BCUT2D eigenvalue weighted by atomic mass is 10.1. The quantitative estimate of drug-likeness (QED) is 0.916. The van der Waals surface area contributed by atoms with E-state index in [-0.39, 0.29) is 6.04 Å². The summed E-state index contributed by atoms with van der Waals surface area (Å²) in [7, 11) is 0. The van der Waals surface area contributed by atoms with Crippen LogP contribution in [-0.4, -0.2) is 11.6 Å². The van der Waals surface area contributed by atoms with Crippen molar-refractivity contribution in [3.63, 3.8) is 0 Å². The van der Waals surface area contributed by atoms with Crippen LogP contribution in [0.3, 0.4) is 0 Å². The van der Waals surface area contributed by atoms with E-state index in [1.807, 2.05) is 31.4 Å². The minimum atomic E-state index is -0.0150. The molecule has 18 heavy (non-hydrogen) atoms. The molecule has 0 saturated heterocycles. The zero-order chi connectivity index (χ0) is 13.1. The summed E-state index contributed by atoms with van der Waals surface area (Å²) in [5, 5.41) is 3.03. The van der Waals surface area contributed by atoms with Crippen LogP contribution in [0.15, 0.2) is 23.6 Å². The van der Waals surface area contributed by atoms with Crippen molar-refractivity contribution in [3.05, 3.63) is 34.8 Å². The van der Waals surface area contributed by atoms with Crippen LogP contribution in [0.1, 0.15) is 31.1 Å². The van der Waals surface area contributed by atoms with Crippen molar-refractivity contribution in [2.45, 2.75) is 26.8 Å². The molecule has 3 nitrogen and oxygen atoms in total. The molecule has 0 spiro atoms. The highest BCUT2D eigenvalue weighted by molar-refractivity contribution is 7.13. The van der Waals surface area contributed by atoms with Crippen molar-refractivity contribution in [3.8, 4) is 16.3 Å². The molecule has 1 aromatic heterocycles. The van der Waals surface area contributed by atoms with Gasteiger partial charge in [-0.1, -0.05) is 0 Å². The van der Waals surface area contributed by atoms with Crippen molar-refractivity contribution in [1.82, 2.24) is 4.98 Å². The van der Waals surface area contributed by atoms with Gasteiger partial charge in [-0.15, -0.1) is 11.3 Å². The maximum absolute atomic E-state index is 5.82.